The van der Waals surface area contributed by atoms with Crippen molar-refractivity contribution in [2.45, 2.75) is 44.2 Å². The van der Waals surface area contributed by atoms with Gasteiger partial charge in [0.2, 0.25) is 10.0 Å². The molecule has 0 aromatic carbocycles. The van der Waals surface area contributed by atoms with Crippen molar-refractivity contribution in [3.05, 3.63) is 18.0 Å². The fourth-order valence-electron chi connectivity index (χ4n) is 2.37. The van der Waals surface area contributed by atoms with E-state index in [1.807, 2.05) is 27.0 Å². The van der Waals surface area contributed by atoms with Gasteiger partial charge in [0.15, 0.2) is 0 Å². The van der Waals surface area contributed by atoms with Gasteiger partial charge in [0, 0.05) is 37.6 Å². The maximum absolute atomic E-state index is 12.5. The Balaban J connectivity index is 2.37. The van der Waals surface area contributed by atoms with Gasteiger partial charge in [-0.3, -0.25) is 0 Å². The summed E-state index contributed by atoms with van der Waals surface area (Å²) in [4.78, 5) is 0.424. The summed E-state index contributed by atoms with van der Waals surface area (Å²) in [5.74, 6) is 0. The fourth-order valence-corrected chi connectivity index (χ4v) is 3.88. The molecular formula is C13H23N3O2S. The van der Waals surface area contributed by atoms with Crippen LogP contribution in [0, 0.1) is 0 Å². The highest BCUT2D eigenvalue weighted by Crippen LogP contribution is 2.37. The van der Waals surface area contributed by atoms with E-state index >= 15 is 0 Å². The molecule has 1 N–H and O–H groups in total. The summed E-state index contributed by atoms with van der Waals surface area (Å²) in [6.07, 6.45) is 4.10. The lowest BCUT2D eigenvalue weighted by molar-refractivity contribution is 0.445. The van der Waals surface area contributed by atoms with Crippen LogP contribution in [-0.4, -0.2) is 37.4 Å². The maximum Gasteiger partial charge on any atom is 0.244 e. The van der Waals surface area contributed by atoms with E-state index in [0.717, 1.165) is 18.5 Å². The molecule has 0 bridgehead atoms. The summed E-state index contributed by atoms with van der Waals surface area (Å²) < 4.78 is 28.6. The van der Waals surface area contributed by atoms with Gasteiger partial charge in [-0.2, -0.15) is 4.31 Å². The molecule has 1 aromatic heterocycles. The maximum atomic E-state index is 12.5. The Labute approximate surface area is 115 Å². The van der Waals surface area contributed by atoms with Gasteiger partial charge in [-0.1, -0.05) is 13.8 Å². The minimum Gasteiger partial charge on any atom is -0.346 e. The molecule has 1 aromatic rings. The van der Waals surface area contributed by atoms with Crippen LogP contribution in [0.5, 0.6) is 0 Å². The van der Waals surface area contributed by atoms with Crippen molar-refractivity contribution in [3.8, 4) is 0 Å². The van der Waals surface area contributed by atoms with E-state index in [2.05, 4.69) is 9.88 Å². The number of hydrogen-bond donors (Lipinski definition) is 1. The number of aromatic nitrogens is 1. The molecule has 108 valence electrons. The van der Waals surface area contributed by atoms with Crippen molar-refractivity contribution < 1.29 is 8.42 Å². The summed E-state index contributed by atoms with van der Waals surface area (Å²) in [7, 11) is -1.46. The largest absolute Gasteiger partial charge is 0.346 e. The molecule has 0 spiro atoms. The Morgan fingerprint density at radius 1 is 1.37 bits per heavy atom. The Hall–Kier alpha value is -0.850. The molecule has 2 rings (SSSR count). The molecule has 0 unspecified atom stereocenters. The molecule has 1 heterocycles. The lowest BCUT2D eigenvalue weighted by Crippen LogP contribution is -2.30. The second-order valence-electron chi connectivity index (χ2n) is 4.93. The Morgan fingerprint density at radius 3 is 2.47 bits per heavy atom. The van der Waals surface area contributed by atoms with Crippen LogP contribution < -0.4 is 5.32 Å². The quantitative estimate of drug-likeness (QED) is 0.827. The predicted molar refractivity (Wildman–Crippen MR) is 75.6 cm³/mol. The van der Waals surface area contributed by atoms with Gasteiger partial charge in [-0.05, 0) is 26.0 Å². The van der Waals surface area contributed by atoms with Crippen LogP contribution >= 0.6 is 0 Å². The standard InChI is InChI=1S/C13H23N3O2S/c1-4-15(5-2)19(17,18)13-8-12(9-14-3)16(10-13)11-6-7-11/h8,10-11,14H,4-7,9H2,1-3H3. The van der Waals surface area contributed by atoms with E-state index in [0.29, 0.717) is 30.6 Å². The predicted octanol–water partition coefficient (Wildman–Crippen LogP) is 1.57. The Morgan fingerprint density at radius 2 is 2.00 bits per heavy atom. The fraction of sp³-hybridized carbons (Fsp3) is 0.692. The van der Waals surface area contributed by atoms with Gasteiger partial charge in [0.1, 0.15) is 4.90 Å². The van der Waals surface area contributed by atoms with Crippen LogP contribution in [0.1, 0.15) is 38.4 Å². The van der Waals surface area contributed by atoms with Crippen LogP contribution in [0.4, 0.5) is 0 Å². The molecule has 0 saturated heterocycles. The Bertz CT molecular complexity index is 528. The lowest BCUT2D eigenvalue weighted by atomic mass is 10.4. The van der Waals surface area contributed by atoms with Gasteiger partial charge in [-0.25, -0.2) is 8.42 Å². The first kappa shape index (κ1) is 14.6. The number of hydrogen-bond acceptors (Lipinski definition) is 3. The molecule has 19 heavy (non-hydrogen) atoms. The number of sulfonamides is 1. The number of nitrogens with one attached hydrogen (secondary N) is 1. The molecule has 1 saturated carbocycles. The van der Waals surface area contributed by atoms with Crippen LogP contribution in [0.15, 0.2) is 17.2 Å². The summed E-state index contributed by atoms with van der Waals surface area (Å²) in [6, 6.07) is 2.30. The van der Waals surface area contributed by atoms with E-state index in [1.165, 1.54) is 4.31 Å². The third-order valence-corrected chi connectivity index (χ3v) is 5.56. The van der Waals surface area contributed by atoms with Crippen LogP contribution in [-0.2, 0) is 16.6 Å². The van der Waals surface area contributed by atoms with E-state index in [-0.39, 0.29) is 0 Å². The Kier molecular flexibility index (Phi) is 4.32. The highest BCUT2D eigenvalue weighted by atomic mass is 32.2. The minimum absolute atomic E-state index is 0.424. The van der Waals surface area contributed by atoms with Crippen molar-refractivity contribution in [1.29, 1.82) is 0 Å². The number of rotatable bonds is 7. The molecule has 1 aliphatic rings. The monoisotopic (exact) mass is 285 g/mol. The molecule has 6 heteroatoms. The molecule has 0 amide bonds. The van der Waals surface area contributed by atoms with Gasteiger partial charge >= 0.3 is 0 Å². The summed E-state index contributed by atoms with van der Waals surface area (Å²) >= 11 is 0. The van der Waals surface area contributed by atoms with Crippen molar-refractivity contribution in [3.63, 3.8) is 0 Å². The van der Waals surface area contributed by atoms with Crippen molar-refractivity contribution >= 4 is 10.0 Å². The molecule has 0 atom stereocenters. The zero-order chi connectivity index (χ0) is 14.0. The van der Waals surface area contributed by atoms with Crippen molar-refractivity contribution in [1.82, 2.24) is 14.2 Å². The minimum atomic E-state index is -3.34. The van der Waals surface area contributed by atoms with Crippen LogP contribution in [0.2, 0.25) is 0 Å². The lowest BCUT2D eigenvalue weighted by Gasteiger charge is -2.17. The average Bonchev–Trinajstić information content (AvgIpc) is 3.12. The van der Waals surface area contributed by atoms with Crippen molar-refractivity contribution in [2.75, 3.05) is 20.1 Å². The van der Waals surface area contributed by atoms with Gasteiger partial charge in [0.05, 0.1) is 0 Å². The zero-order valence-electron chi connectivity index (χ0n) is 11.9. The molecule has 1 fully saturated rings. The average molecular weight is 285 g/mol. The van der Waals surface area contributed by atoms with Crippen molar-refractivity contribution in [2.24, 2.45) is 0 Å². The van der Waals surface area contributed by atoms with E-state index in [1.54, 1.807) is 6.20 Å². The normalized spacial score (nSPS) is 16.2. The van der Waals surface area contributed by atoms with Gasteiger partial charge in [-0.15, -0.1) is 0 Å². The third-order valence-electron chi connectivity index (χ3n) is 3.55. The molecule has 1 aliphatic carbocycles. The first-order valence-electron chi connectivity index (χ1n) is 6.90. The van der Waals surface area contributed by atoms with E-state index in [9.17, 15) is 8.42 Å². The highest BCUT2D eigenvalue weighted by molar-refractivity contribution is 7.89. The molecule has 0 aliphatic heterocycles. The van der Waals surface area contributed by atoms with Crippen LogP contribution in [0.25, 0.3) is 0 Å². The van der Waals surface area contributed by atoms with E-state index in [4.69, 9.17) is 0 Å². The van der Waals surface area contributed by atoms with E-state index < -0.39 is 10.0 Å². The third kappa shape index (κ3) is 2.85. The first-order valence-corrected chi connectivity index (χ1v) is 8.34. The summed E-state index contributed by atoms with van der Waals surface area (Å²) in [6.45, 7) is 5.45. The molecule has 5 nitrogen and oxygen atoms in total. The van der Waals surface area contributed by atoms with Crippen LogP contribution in [0.3, 0.4) is 0 Å². The zero-order valence-corrected chi connectivity index (χ0v) is 12.7. The molecule has 0 radical (unpaired) electrons. The van der Waals surface area contributed by atoms with Gasteiger partial charge < -0.3 is 9.88 Å². The summed E-state index contributed by atoms with van der Waals surface area (Å²) in [5, 5.41) is 3.10. The molecular weight excluding hydrogens is 262 g/mol. The smallest absolute Gasteiger partial charge is 0.244 e. The topological polar surface area (TPSA) is 54.3 Å². The SMILES string of the molecule is CCN(CC)S(=O)(=O)c1cc(CNC)n(C2CC2)c1. The summed E-state index contributed by atoms with van der Waals surface area (Å²) in [5.41, 5.74) is 1.05. The highest BCUT2D eigenvalue weighted by Gasteiger charge is 2.29. The number of nitrogens with zero attached hydrogens (tertiary/aromatic N) is 2. The second kappa shape index (κ2) is 5.64. The first-order chi connectivity index (χ1) is 9.04. The van der Waals surface area contributed by atoms with Gasteiger partial charge in [0.25, 0.3) is 0 Å². The second-order valence-corrected chi connectivity index (χ2v) is 6.86.